The third-order valence-electron chi connectivity index (χ3n) is 1.32. The van der Waals surface area contributed by atoms with Gasteiger partial charge in [0.05, 0.1) is 5.01 Å². The third kappa shape index (κ3) is 2.08. The molecule has 0 saturated heterocycles. The Kier molecular flexibility index (Phi) is 2.83. The molecule has 0 amide bonds. The maximum Gasteiger partial charge on any atom is 0.0928 e. The second-order valence-corrected chi connectivity index (χ2v) is 3.40. The van der Waals surface area contributed by atoms with E-state index < -0.39 is 0 Å². The number of thiazole rings is 1. The second kappa shape index (κ2) is 3.68. The van der Waals surface area contributed by atoms with Gasteiger partial charge in [-0.15, -0.1) is 11.3 Å². The standard InChI is InChI=1S/C7H11NOS/c1-6(5-9)4-7-8-2-3-10-7/h2-3,6,9H,4-5H2,1H3/t6-/m1/s1. The molecule has 2 nitrogen and oxygen atoms in total. The molecule has 0 spiro atoms. The topological polar surface area (TPSA) is 33.1 Å². The van der Waals surface area contributed by atoms with Crippen LogP contribution in [0.2, 0.25) is 0 Å². The van der Waals surface area contributed by atoms with Crippen molar-refractivity contribution in [2.75, 3.05) is 6.61 Å². The Morgan fingerprint density at radius 2 is 2.60 bits per heavy atom. The van der Waals surface area contributed by atoms with E-state index in [2.05, 4.69) is 4.98 Å². The van der Waals surface area contributed by atoms with E-state index in [1.54, 1.807) is 17.5 Å². The van der Waals surface area contributed by atoms with Gasteiger partial charge in [-0.1, -0.05) is 6.92 Å². The molecule has 1 atom stereocenters. The van der Waals surface area contributed by atoms with E-state index in [0.29, 0.717) is 5.92 Å². The van der Waals surface area contributed by atoms with Gasteiger partial charge in [-0.05, 0) is 5.92 Å². The van der Waals surface area contributed by atoms with Crippen molar-refractivity contribution in [2.45, 2.75) is 13.3 Å². The lowest BCUT2D eigenvalue weighted by molar-refractivity contribution is 0.237. The highest BCUT2D eigenvalue weighted by molar-refractivity contribution is 7.09. The monoisotopic (exact) mass is 157 g/mol. The maximum absolute atomic E-state index is 8.71. The van der Waals surface area contributed by atoms with Crippen LogP contribution in [0, 0.1) is 5.92 Å². The fraction of sp³-hybridized carbons (Fsp3) is 0.571. The number of hydrogen-bond acceptors (Lipinski definition) is 3. The number of aromatic nitrogens is 1. The average Bonchev–Trinajstić information content (AvgIpc) is 2.40. The fourth-order valence-electron chi connectivity index (χ4n) is 0.716. The zero-order valence-corrected chi connectivity index (χ0v) is 6.77. The van der Waals surface area contributed by atoms with Gasteiger partial charge < -0.3 is 5.11 Å². The molecule has 3 heteroatoms. The molecule has 1 aromatic rings. The predicted molar refractivity (Wildman–Crippen MR) is 42.1 cm³/mol. The summed E-state index contributed by atoms with van der Waals surface area (Å²) in [5.74, 6) is 0.339. The van der Waals surface area contributed by atoms with Crippen LogP contribution in [0.15, 0.2) is 11.6 Å². The third-order valence-corrected chi connectivity index (χ3v) is 2.12. The van der Waals surface area contributed by atoms with E-state index in [9.17, 15) is 0 Å². The van der Waals surface area contributed by atoms with Gasteiger partial charge >= 0.3 is 0 Å². The summed E-state index contributed by atoms with van der Waals surface area (Å²) in [5.41, 5.74) is 0. The van der Waals surface area contributed by atoms with E-state index in [-0.39, 0.29) is 6.61 Å². The number of hydrogen-bond donors (Lipinski definition) is 1. The number of aliphatic hydroxyl groups excluding tert-OH is 1. The van der Waals surface area contributed by atoms with Gasteiger partial charge in [0.15, 0.2) is 0 Å². The summed E-state index contributed by atoms with van der Waals surface area (Å²) in [7, 11) is 0. The van der Waals surface area contributed by atoms with Crippen LogP contribution in [0.25, 0.3) is 0 Å². The Labute approximate surface area is 64.5 Å². The Balaban J connectivity index is 2.40. The zero-order chi connectivity index (χ0) is 7.40. The van der Waals surface area contributed by atoms with Crippen molar-refractivity contribution >= 4 is 11.3 Å². The van der Waals surface area contributed by atoms with Crippen LogP contribution in [0.1, 0.15) is 11.9 Å². The van der Waals surface area contributed by atoms with Gasteiger partial charge in [-0.25, -0.2) is 4.98 Å². The fourth-order valence-corrected chi connectivity index (χ4v) is 1.50. The van der Waals surface area contributed by atoms with Crippen LogP contribution in [-0.2, 0) is 6.42 Å². The first-order valence-electron chi connectivity index (χ1n) is 3.32. The van der Waals surface area contributed by atoms with E-state index >= 15 is 0 Å². The summed E-state index contributed by atoms with van der Waals surface area (Å²) in [5, 5.41) is 11.8. The SMILES string of the molecule is C[C@@H](CO)Cc1nccs1. The van der Waals surface area contributed by atoms with Crippen LogP contribution in [0.4, 0.5) is 0 Å². The van der Waals surface area contributed by atoms with Crippen LogP contribution in [-0.4, -0.2) is 16.7 Å². The first-order valence-corrected chi connectivity index (χ1v) is 4.20. The molecule has 0 aliphatic heterocycles. The molecular weight excluding hydrogens is 146 g/mol. The molecule has 0 radical (unpaired) electrons. The Morgan fingerprint density at radius 1 is 1.80 bits per heavy atom. The Hall–Kier alpha value is -0.410. The average molecular weight is 157 g/mol. The normalized spacial score (nSPS) is 13.4. The summed E-state index contributed by atoms with van der Waals surface area (Å²) in [4.78, 5) is 4.11. The Bertz CT molecular complexity index is 174. The van der Waals surface area contributed by atoms with Gasteiger partial charge in [-0.3, -0.25) is 0 Å². The minimum absolute atomic E-state index is 0.250. The van der Waals surface area contributed by atoms with Gasteiger partial charge in [0.2, 0.25) is 0 Å². The predicted octanol–water partition coefficient (Wildman–Crippen LogP) is 1.31. The molecule has 0 fully saturated rings. The second-order valence-electron chi connectivity index (χ2n) is 2.42. The first kappa shape index (κ1) is 7.69. The van der Waals surface area contributed by atoms with Crippen molar-refractivity contribution in [1.29, 1.82) is 0 Å². The molecule has 1 N–H and O–H groups in total. The summed E-state index contributed by atoms with van der Waals surface area (Å²) < 4.78 is 0. The molecular formula is C7H11NOS. The molecule has 0 aliphatic rings. The first-order chi connectivity index (χ1) is 4.83. The van der Waals surface area contributed by atoms with Crippen molar-refractivity contribution in [3.8, 4) is 0 Å². The molecule has 0 aromatic carbocycles. The maximum atomic E-state index is 8.71. The minimum atomic E-state index is 0.250. The van der Waals surface area contributed by atoms with Crippen molar-refractivity contribution < 1.29 is 5.11 Å². The van der Waals surface area contributed by atoms with Crippen LogP contribution in [0.5, 0.6) is 0 Å². The highest BCUT2D eigenvalue weighted by Gasteiger charge is 2.02. The zero-order valence-electron chi connectivity index (χ0n) is 5.95. The molecule has 0 aliphatic carbocycles. The highest BCUT2D eigenvalue weighted by atomic mass is 32.1. The van der Waals surface area contributed by atoms with E-state index in [0.717, 1.165) is 11.4 Å². The van der Waals surface area contributed by atoms with E-state index in [4.69, 9.17) is 5.11 Å². The quantitative estimate of drug-likeness (QED) is 0.717. The summed E-state index contributed by atoms with van der Waals surface area (Å²) in [6.45, 7) is 2.26. The van der Waals surface area contributed by atoms with Crippen molar-refractivity contribution in [1.82, 2.24) is 4.98 Å². The van der Waals surface area contributed by atoms with E-state index in [1.807, 2.05) is 12.3 Å². The molecule has 1 heterocycles. The largest absolute Gasteiger partial charge is 0.396 e. The van der Waals surface area contributed by atoms with Crippen LogP contribution in [0.3, 0.4) is 0 Å². The smallest absolute Gasteiger partial charge is 0.0928 e. The van der Waals surface area contributed by atoms with Crippen molar-refractivity contribution in [3.05, 3.63) is 16.6 Å². The lowest BCUT2D eigenvalue weighted by Gasteiger charge is -2.02. The molecule has 0 saturated carbocycles. The van der Waals surface area contributed by atoms with E-state index in [1.165, 1.54) is 0 Å². The summed E-state index contributed by atoms with van der Waals surface area (Å²) in [6.07, 6.45) is 2.69. The molecule has 1 rings (SSSR count). The molecule has 10 heavy (non-hydrogen) atoms. The number of rotatable bonds is 3. The van der Waals surface area contributed by atoms with Gasteiger partial charge in [-0.2, -0.15) is 0 Å². The lowest BCUT2D eigenvalue weighted by Crippen LogP contribution is -2.03. The summed E-state index contributed by atoms with van der Waals surface area (Å²) in [6, 6.07) is 0. The summed E-state index contributed by atoms with van der Waals surface area (Å²) >= 11 is 1.64. The molecule has 0 bridgehead atoms. The van der Waals surface area contributed by atoms with Crippen molar-refractivity contribution in [3.63, 3.8) is 0 Å². The van der Waals surface area contributed by atoms with Gasteiger partial charge in [0.1, 0.15) is 0 Å². The van der Waals surface area contributed by atoms with Gasteiger partial charge in [0.25, 0.3) is 0 Å². The van der Waals surface area contributed by atoms with Gasteiger partial charge in [0, 0.05) is 24.6 Å². The Morgan fingerprint density at radius 3 is 3.10 bits per heavy atom. The number of nitrogens with zero attached hydrogens (tertiary/aromatic N) is 1. The van der Waals surface area contributed by atoms with Crippen molar-refractivity contribution in [2.24, 2.45) is 5.92 Å². The molecule has 0 unspecified atom stereocenters. The number of aliphatic hydroxyl groups is 1. The van der Waals surface area contributed by atoms with Crippen LogP contribution >= 0.6 is 11.3 Å². The highest BCUT2D eigenvalue weighted by Crippen LogP contribution is 2.09. The minimum Gasteiger partial charge on any atom is -0.396 e. The molecule has 56 valence electrons. The lowest BCUT2D eigenvalue weighted by atomic mass is 10.1. The molecule has 1 aromatic heterocycles. The van der Waals surface area contributed by atoms with Crippen LogP contribution < -0.4 is 0 Å².